The molecule has 0 atom stereocenters. The Bertz CT molecular complexity index is 544. The highest BCUT2D eigenvalue weighted by molar-refractivity contribution is 6.01. The van der Waals surface area contributed by atoms with E-state index in [1.807, 2.05) is 0 Å². The maximum Gasteiger partial charge on any atom is 0.159 e. The van der Waals surface area contributed by atoms with Crippen LogP contribution in [-0.4, -0.2) is 16.0 Å². The van der Waals surface area contributed by atoms with Gasteiger partial charge in [0.25, 0.3) is 0 Å². The second kappa shape index (κ2) is 3.28. The lowest BCUT2D eigenvalue weighted by Crippen LogP contribution is -1.91. The number of hydrogen-bond donors (Lipinski definition) is 2. The van der Waals surface area contributed by atoms with E-state index in [0.717, 1.165) is 0 Å². The molecule has 0 amide bonds. The molecule has 3 heteroatoms. The van der Waals surface area contributed by atoms with Crippen molar-refractivity contribution < 1.29 is 15.0 Å². The first-order valence-electron chi connectivity index (χ1n) is 4.55. The van der Waals surface area contributed by atoms with Crippen molar-refractivity contribution in [1.82, 2.24) is 0 Å². The monoisotopic (exact) mass is 202 g/mol. The van der Waals surface area contributed by atoms with Crippen molar-refractivity contribution in [3.63, 3.8) is 0 Å². The van der Waals surface area contributed by atoms with E-state index in [1.165, 1.54) is 19.1 Å². The fraction of sp³-hybridized carbons (Fsp3) is 0.0833. The van der Waals surface area contributed by atoms with Crippen LogP contribution in [0.2, 0.25) is 0 Å². The van der Waals surface area contributed by atoms with Crippen molar-refractivity contribution in [2.75, 3.05) is 0 Å². The fourth-order valence-corrected chi connectivity index (χ4v) is 1.54. The van der Waals surface area contributed by atoms with Crippen molar-refractivity contribution in [3.05, 3.63) is 35.9 Å². The molecular formula is C12H10O3. The molecule has 0 aromatic heterocycles. The lowest BCUT2D eigenvalue weighted by atomic mass is 10.0. The van der Waals surface area contributed by atoms with Crippen LogP contribution in [0.25, 0.3) is 10.8 Å². The summed E-state index contributed by atoms with van der Waals surface area (Å²) in [5, 5.41) is 20.1. The van der Waals surface area contributed by atoms with E-state index in [-0.39, 0.29) is 17.3 Å². The van der Waals surface area contributed by atoms with Crippen LogP contribution in [-0.2, 0) is 0 Å². The highest BCUT2D eigenvalue weighted by Gasteiger charge is 2.07. The first-order valence-corrected chi connectivity index (χ1v) is 4.55. The van der Waals surface area contributed by atoms with Gasteiger partial charge in [-0.2, -0.15) is 0 Å². The lowest BCUT2D eigenvalue weighted by molar-refractivity contribution is 0.101. The molecule has 3 nitrogen and oxygen atoms in total. The van der Waals surface area contributed by atoms with Crippen LogP contribution in [0.5, 0.6) is 11.5 Å². The summed E-state index contributed by atoms with van der Waals surface area (Å²) in [6, 6.07) is 7.66. The lowest BCUT2D eigenvalue weighted by Gasteiger charge is -2.04. The number of fused-ring (bicyclic) bond motifs is 1. The number of rotatable bonds is 1. The Morgan fingerprint density at radius 1 is 1.00 bits per heavy atom. The minimum absolute atomic E-state index is 0.0610. The number of benzene rings is 2. The van der Waals surface area contributed by atoms with E-state index in [4.69, 9.17) is 0 Å². The largest absolute Gasteiger partial charge is 0.507 e. The van der Waals surface area contributed by atoms with Gasteiger partial charge in [-0.1, -0.05) is 6.07 Å². The van der Waals surface area contributed by atoms with E-state index in [1.54, 1.807) is 18.2 Å². The Kier molecular flexibility index (Phi) is 2.08. The molecule has 2 rings (SSSR count). The van der Waals surface area contributed by atoms with Gasteiger partial charge in [-0.3, -0.25) is 4.79 Å². The normalized spacial score (nSPS) is 10.5. The Balaban J connectivity index is 2.81. The zero-order chi connectivity index (χ0) is 11.0. The molecule has 0 fully saturated rings. The van der Waals surface area contributed by atoms with Gasteiger partial charge in [0, 0.05) is 16.3 Å². The van der Waals surface area contributed by atoms with E-state index in [0.29, 0.717) is 16.3 Å². The van der Waals surface area contributed by atoms with Crippen molar-refractivity contribution >= 4 is 16.6 Å². The summed E-state index contributed by atoms with van der Waals surface area (Å²) in [6.07, 6.45) is 0. The van der Waals surface area contributed by atoms with Gasteiger partial charge in [-0.25, -0.2) is 0 Å². The molecule has 0 saturated heterocycles. The van der Waals surface area contributed by atoms with Crippen LogP contribution in [0, 0.1) is 0 Å². The van der Waals surface area contributed by atoms with Crippen LogP contribution >= 0.6 is 0 Å². The third-order valence-corrected chi connectivity index (χ3v) is 2.38. The summed E-state index contributed by atoms with van der Waals surface area (Å²) in [5.41, 5.74) is 0.517. The SMILES string of the molecule is CC(=O)c1ccc2c(O)ccc(O)c2c1. The highest BCUT2D eigenvalue weighted by atomic mass is 16.3. The van der Waals surface area contributed by atoms with Gasteiger partial charge in [-0.15, -0.1) is 0 Å². The second-order valence-electron chi connectivity index (χ2n) is 3.42. The van der Waals surface area contributed by atoms with Gasteiger partial charge in [0.1, 0.15) is 11.5 Å². The molecule has 2 aromatic rings. The van der Waals surface area contributed by atoms with Crippen molar-refractivity contribution in [3.8, 4) is 11.5 Å². The van der Waals surface area contributed by atoms with Crippen molar-refractivity contribution in [2.45, 2.75) is 6.92 Å². The third-order valence-electron chi connectivity index (χ3n) is 2.38. The quantitative estimate of drug-likeness (QED) is 0.551. The second-order valence-corrected chi connectivity index (χ2v) is 3.42. The first-order chi connectivity index (χ1) is 7.09. The van der Waals surface area contributed by atoms with Crippen molar-refractivity contribution in [1.29, 1.82) is 0 Å². The predicted octanol–water partition coefficient (Wildman–Crippen LogP) is 2.45. The number of phenols is 2. The van der Waals surface area contributed by atoms with E-state index >= 15 is 0 Å². The van der Waals surface area contributed by atoms with Crippen molar-refractivity contribution in [2.24, 2.45) is 0 Å². The molecule has 0 radical (unpaired) electrons. The van der Waals surface area contributed by atoms with Gasteiger partial charge >= 0.3 is 0 Å². The number of carbonyl (C=O) groups excluding carboxylic acids is 1. The standard InChI is InChI=1S/C12H10O3/c1-7(13)8-2-3-9-10(6-8)12(15)5-4-11(9)14/h2-6,14-15H,1H3. The fourth-order valence-electron chi connectivity index (χ4n) is 1.54. The molecule has 0 unspecified atom stereocenters. The van der Waals surface area contributed by atoms with Gasteiger partial charge in [0.05, 0.1) is 0 Å². The van der Waals surface area contributed by atoms with E-state index < -0.39 is 0 Å². The number of hydrogen-bond acceptors (Lipinski definition) is 3. The van der Waals surface area contributed by atoms with Crippen LogP contribution in [0.4, 0.5) is 0 Å². The van der Waals surface area contributed by atoms with Crippen LogP contribution in [0.3, 0.4) is 0 Å². The van der Waals surface area contributed by atoms with Gasteiger partial charge < -0.3 is 10.2 Å². The summed E-state index contributed by atoms with van der Waals surface area (Å²) < 4.78 is 0. The molecule has 0 aliphatic heterocycles. The number of aromatic hydroxyl groups is 2. The van der Waals surface area contributed by atoms with Gasteiger partial charge in [-0.05, 0) is 31.2 Å². The topological polar surface area (TPSA) is 57.5 Å². The Labute approximate surface area is 86.6 Å². The minimum Gasteiger partial charge on any atom is -0.507 e. The van der Waals surface area contributed by atoms with Crippen LogP contribution in [0.15, 0.2) is 30.3 Å². The zero-order valence-corrected chi connectivity index (χ0v) is 8.19. The zero-order valence-electron chi connectivity index (χ0n) is 8.19. The summed E-state index contributed by atoms with van der Waals surface area (Å²) in [4.78, 5) is 11.1. The average molecular weight is 202 g/mol. The maximum atomic E-state index is 11.1. The molecule has 0 aliphatic rings. The predicted molar refractivity (Wildman–Crippen MR) is 57.3 cm³/mol. The Hall–Kier alpha value is -2.03. The number of phenolic OH excluding ortho intramolecular Hbond substituents is 2. The molecule has 0 saturated carbocycles. The smallest absolute Gasteiger partial charge is 0.159 e. The molecule has 76 valence electrons. The third kappa shape index (κ3) is 1.52. The summed E-state index contributed by atoms with van der Waals surface area (Å²) in [7, 11) is 0. The number of Topliss-reactive ketones (excluding diaryl/α,β-unsaturated/α-hetero) is 1. The average Bonchev–Trinajstić information content (AvgIpc) is 2.23. The Morgan fingerprint density at radius 2 is 1.60 bits per heavy atom. The highest BCUT2D eigenvalue weighted by Crippen LogP contribution is 2.32. The molecule has 15 heavy (non-hydrogen) atoms. The minimum atomic E-state index is -0.0698. The summed E-state index contributed by atoms with van der Waals surface area (Å²) in [6.45, 7) is 1.46. The van der Waals surface area contributed by atoms with Gasteiger partial charge in [0.2, 0.25) is 0 Å². The first kappa shape index (κ1) is 9.52. The molecule has 0 aliphatic carbocycles. The molecule has 0 heterocycles. The van der Waals surface area contributed by atoms with Crippen LogP contribution in [0.1, 0.15) is 17.3 Å². The van der Waals surface area contributed by atoms with E-state index in [9.17, 15) is 15.0 Å². The summed E-state index contributed by atoms with van der Waals surface area (Å²) in [5.74, 6) is 0.0865. The number of ketones is 1. The molecular weight excluding hydrogens is 192 g/mol. The van der Waals surface area contributed by atoms with Gasteiger partial charge in [0.15, 0.2) is 5.78 Å². The molecule has 0 spiro atoms. The van der Waals surface area contributed by atoms with Crippen LogP contribution < -0.4 is 0 Å². The van der Waals surface area contributed by atoms with E-state index in [2.05, 4.69) is 0 Å². The number of carbonyl (C=O) groups is 1. The molecule has 2 aromatic carbocycles. The molecule has 2 N–H and O–H groups in total. The maximum absolute atomic E-state index is 11.1. The molecule has 0 bridgehead atoms. The Morgan fingerprint density at radius 3 is 2.20 bits per heavy atom. The summed E-state index contributed by atoms with van der Waals surface area (Å²) >= 11 is 0.